The van der Waals surface area contributed by atoms with Gasteiger partial charge in [0.1, 0.15) is 0 Å². The van der Waals surface area contributed by atoms with Crippen molar-refractivity contribution in [2.75, 3.05) is 13.6 Å². The molecule has 1 fully saturated rings. The molecule has 4 nitrogen and oxygen atoms in total. The van der Waals surface area contributed by atoms with Gasteiger partial charge in [-0.1, -0.05) is 6.42 Å². The van der Waals surface area contributed by atoms with Gasteiger partial charge in [-0.15, -0.1) is 0 Å². The number of halogens is 2. The highest BCUT2D eigenvalue weighted by molar-refractivity contribution is 9.10. The predicted octanol–water partition coefficient (Wildman–Crippen LogP) is 3.56. The predicted molar refractivity (Wildman–Crippen MR) is 86.2 cm³/mol. The van der Waals surface area contributed by atoms with Crippen molar-refractivity contribution in [3.05, 3.63) is 27.7 Å². The Kier molecular flexibility index (Phi) is 5.00. The Morgan fingerprint density at radius 3 is 2.52 bits per heavy atom. The van der Waals surface area contributed by atoms with Crippen molar-refractivity contribution < 1.29 is 13.2 Å². The molecule has 0 aliphatic heterocycles. The number of carbonyl (C=O) groups is 1. The molecule has 0 spiro atoms. The van der Waals surface area contributed by atoms with E-state index < -0.39 is 9.05 Å². The van der Waals surface area contributed by atoms with E-state index in [1.54, 1.807) is 24.9 Å². The summed E-state index contributed by atoms with van der Waals surface area (Å²) in [5.74, 6) is 0.380. The minimum Gasteiger partial charge on any atom is -0.341 e. The number of hydrogen-bond donors (Lipinski definition) is 0. The maximum absolute atomic E-state index is 12.4. The highest BCUT2D eigenvalue weighted by Crippen LogP contribution is 2.31. The molecular formula is C14H17BrClNO3S. The molecule has 0 bridgehead atoms. The fraction of sp³-hybridized carbons (Fsp3) is 0.500. The Labute approximate surface area is 138 Å². The average Bonchev–Trinajstić information content (AvgIpc) is 2.34. The summed E-state index contributed by atoms with van der Waals surface area (Å²) in [6.07, 6.45) is 3.52. The van der Waals surface area contributed by atoms with Gasteiger partial charge in [0.05, 0.1) is 4.90 Å². The van der Waals surface area contributed by atoms with Gasteiger partial charge in [0.2, 0.25) is 0 Å². The van der Waals surface area contributed by atoms with Gasteiger partial charge in [0.15, 0.2) is 0 Å². The van der Waals surface area contributed by atoms with Gasteiger partial charge in [-0.2, -0.15) is 0 Å². The highest BCUT2D eigenvalue weighted by Gasteiger charge is 2.24. The van der Waals surface area contributed by atoms with Crippen LogP contribution >= 0.6 is 26.6 Å². The zero-order valence-electron chi connectivity index (χ0n) is 11.9. The van der Waals surface area contributed by atoms with E-state index in [4.69, 9.17) is 10.7 Å². The number of hydrogen-bond acceptors (Lipinski definition) is 3. The van der Waals surface area contributed by atoms with Gasteiger partial charge in [-0.25, -0.2) is 8.42 Å². The topological polar surface area (TPSA) is 54.5 Å². The maximum Gasteiger partial charge on any atom is 0.262 e. The summed E-state index contributed by atoms with van der Waals surface area (Å²) >= 11 is 3.21. The number of benzene rings is 1. The normalized spacial score (nSPS) is 15.6. The van der Waals surface area contributed by atoms with Crippen LogP contribution in [0.25, 0.3) is 0 Å². The highest BCUT2D eigenvalue weighted by atomic mass is 79.9. The summed E-state index contributed by atoms with van der Waals surface area (Å²) in [6, 6.07) is 3.01. The van der Waals surface area contributed by atoms with E-state index in [-0.39, 0.29) is 10.8 Å². The summed E-state index contributed by atoms with van der Waals surface area (Å²) < 4.78 is 23.6. The first-order valence-corrected chi connectivity index (χ1v) is 9.80. The Morgan fingerprint density at radius 1 is 1.43 bits per heavy atom. The second-order valence-electron chi connectivity index (χ2n) is 5.53. The largest absolute Gasteiger partial charge is 0.341 e. The lowest BCUT2D eigenvalue weighted by Gasteiger charge is -2.30. The number of aryl methyl sites for hydroxylation is 1. The maximum atomic E-state index is 12.4. The summed E-state index contributed by atoms with van der Waals surface area (Å²) in [7, 11) is 3.27. The fourth-order valence-corrected chi connectivity index (χ4v) is 4.56. The van der Waals surface area contributed by atoms with Crippen LogP contribution in [-0.2, 0) is 9.05 Å². The molecule has 1 aliphatic rings. The zero-order valence-corrected chi connectivity index (χ0v) is 15.1. The number of nitrogens with zero attached hydrogens (tertiary/aromatic N) is 1. The number of rotatable bonds is 4. The van der Waals surface area contributed by atoms with Crippen molar-refractivity contribution in [3.8, 4) is 0 Å². The van der Waals surface area contributed by atoms with Crippen LogP contribution in [0.5, 0.6) is 0 Å². The van der Waals surface area contributed by atoms with Crippen LogP contribution in [0.1, 0.15) is 35.2 Å². The third-order valence-electron chi connectivity index (χ3n) is 3.83. The van der Waals surface area contributed by atoms with Gasteiger partial charge in [-0.3, -0.25) is 4.79 Å². The lowest BCUT2D eigenvalue weighted by molar-refractivity contribution is 0.0745. The van der Waals surface area contributed by atoms with E-state index in [1.807, 2.05) is 0 Å². The molecule has 0 heterocycles. The monoisotopic (exact) mass is 393 g/mol. The molecule has 1 aromatic rings. The van der Waals surface area contributed by atoms with E-state index in [0.717, 1.165) is 12.8 Å². The van der Waals surface area contributed by atoms with Crippen LogP contribution in [0.4, 0.5) is 0 Å². The van der Waals surface area contributed by atoms with Crippen molar-refractivity contribution in [1.29, 1.82) is 0 Å². The lowest BCUT2D eigenvalue weighted by Crippen LogP contribution is -2.34. The van der Waals surface area contributed by atoms with E-state index in [0.29, 0.717) is 28.1 Å². The van der Waals surface area contributed by atoms with Crippen molar-refractivity contribution in [1.82, 2.24) is 4.90 Å². The van der Waals surface area contributed by atoms with Crippen LogP contribution in [-0.4, -0.2) is 32.8 Å². The molecule has 1 aliphatic carbocycles. The third kappa shape index (κ3) is 3.79. The van der Waals surface area contributed by atoms with E-state index in [2.05, 4.69) is 15.9 Å². The molecule has 1 amide bonds. The third-order valence-corrected chi connectivity index (χ3v) is 6.50. The summed E-state index contributed by atoms with van der Waals surface area (Å²) in [5.41, 5.74) is 1.01. The SMILES string of the molecule is Cc1cc(C(=O)N(C)CC2CCC2)cc(S(=O)(=O)Cl)c1Br. The Morgan fingerprint density at radius 2 is 2.05 bits per heavy atom. The van der Waals surface area contributed by atoms with Gasteiger partial charge in [-0.05, 0) is 59.3 Å². The molecule has 1 saturated carbocycles. The molecule has 0 radical (unpaired) electrons. The van der Waals surface area contributed by atoms with Crippen molar-refractivity contribution in [2.24, 2.45) is 5.92 Å². The molecular weight excluding hydrogens is 378 g/mol. The molecule has 21 heavy (non-hydrogen) atoms. The minimum absolute atomic E-state index is 0.0652. The molecule has 0 atom stereocenters. The molecule has 0 aromatic heterocycles. The quantitative estimate of drug-likeness (QED) is 0.734. The lowest BCUT2D eigenvalue weighted by atomic mass is 9.85. The van der Waals surface area contributed by atoms with E-state index in [9.17, 15) is 13.2 Å². The summed E-state index contributed by atoms with van der Waals surface area (Å²) in [4.78, 5) is 14.0. The van der Waals surface area contributed by atoms with Crippen molar-refractivity contribution >= 4 is 41.6 Å². The van der Waals surface area contributed by atoms with Crippen molar-refractivity contribution in [2.45, 2.75) is 31.1 Å². The van der Waals surface area contributed by atoms with Gasteiger partial charge in [0.25, 0.3) is 15.0 Å². The standard InChI is InChI=1S/C14H17BrClNO3S/c1-9-6-11(7-12(13(9)15)21(16,19)20)14(18)17(2)8-10-4-3-5-10/h6-7,10H,3-5,8H2,1-2H3. The molecule has 0 N–H and O–H groups in total. The van der Waals surface area contributed by atoms with Gasteiger partial charge >= 0.3 is 0 Å². The summed E-state index contributed by atoms with van der Waals surface area (Å²) in [5, 5.41) is 0. The molecule has 1 aromatic carbocycles. The summed E-state index contributed by atoms with van der Waals surface area (Å²) in [6.45, 7) is 2.44. The molecule has 0 unspecified atom stereocenters. The molecule has 2 rings (SSSR count). The van der Waals surface area contributed by atoms with E-state index >= 15 is 0 Å². The first-order valence-electron chi connectivity index (χ1n) is 6.70. The smallest absolute Gasteiger partial charge is 0.262 e. The first kappa shape index (κ1) is 16.8. The van der Waals surface area contributed by atoms with E-state index in [1.165, 1.54) is 12.5 Å². The molecule has 116 valence electrons. The van der Waals surface area contributed by atoms with Crippen LogP contribution in [0.15, 0.2) is 21.5 Å². The Balaban J connectivity index is 2.30. The van der Waals surface area contributed by atoms with Gasteiger partial charge in [0, 0.05) is 34.3 Å². The van der Waals surface area contributed by atoms with Gasteiger partial charge < -0.3 is 4.90 Å². The van der Waals surface area contributed by atoms with Crippen LogP contribution in [0.3, 0.4) is 0 Å². The number of amides is 1. The van der Waals surface area contributed by atoms with Crippen LogP contribution in [0.2, 0.25) is 0 Å². The number of carbonyl (C=O) groups excluding carboxylic acids is 1. The zero-order chi connectivity index (χ0) is 15.8. The molecule has 7 heteroatoms. The second kappa shape index (κ2) is 6.26. The van der Waals surface area contributed by atoms with Crippen LogP contribution in [0, 0.1) is 12.8 Å². The van der Waals surface area contributed by atoms with Crippen LogP contribution < -0.4 is 0 Å². The second-order valence-corrected chi connectivity index (χ2v) is 8.85. The fourth-order valence-electron chi connectivity index (χ4n) is 2.40. The average molecular weight is 395 g/mol. The minimum atomic E-state index is -3.90. The Hall–Kier alpha value is -0.590. The first-order chi connectivity index (χ1) is 9.70. The molecule has 0 saturated heterocycles. The van der Waals surface area contributed by atoms with Crippen molar-refractivity contribution in [3.63, 3.8) is 0 Å². The Bertz CT molecular complexity index is 671.